The summed E-state index contributed by atoms with van der Waals surface area (Å²) in [7, 11) is 0. The van der Waals surface area contributed by atoms with Gasteiger partial charge in [0.25, 0.3) is 0 Å². The summed E-state index contributed by atoms with van der Waals surface area (Å²) in [4.78, 5) is 3.00. The van der Waals surface area contributed by atoms with Crippen LogP contribution in [0.5, 0.6) is 0 Å². The Morgan fingerprint density at radius 2 is 1.25 bits per heavy atom. The van der Waals surface area contributed by atoms with Gasteiger partial charge in [0.05, 0.1) is 0 Å². The van der Waals surface area contributed by atoms with E-state index in [1.54, 1.807) is 0 Å². The summed E-state index contributed by atoms with van der Waals surface area (Å²) in [5.41, 5.74) is 3.35. The molecule has 1 unspecified atom stereocenters. The van der Waals surface area contributed by atoms with Crippen molar-refractivity contribution in [3.63, 3.8) is 0 Å². The summed E-state index contributed by atoms with van der Waals surface area (Å²) in [5, 5.41) is 0. The summed E-state index contributed by atoms with van der Waals surface area (Å²) in [5.74, 6) is 1.18. The van der Waals surface area contributed by atoms with E-state index >= 15 is 0 Å². The van der Waals surface area contributed by atoms with Crippen LogP contribution in [-0.4, -0.2) is 0 Å². The highest BCUT2D eigenvalue weighted by atomic mass is 32.1. The molecule has 24 heavy (non-hydrogen) atoms. The molecule has 0 radical (unpaired) electrons. The summed E-state index contributed by atoms with van der Waals surface area (Å²) >= 11 is 1.99. The van der Waals surface area contributed by atoms with Gasteiger partial charge in [0.2, 0.25) is 0 Å². The van der Waals surface area contributed by atoms with Crippen LogP contribution in [0.4, 0.5) is 0 Å². The number of rotatable bonds is 5. The van der Waals surface area contributed by atoms with Crippen molar-refractivity contribution in [1.29, 1.82) is 0 Å². The van der Waals surface area contributed by atoms with Crippen LogP contribution < -0.4 is 0 Å². The predicted octanol–water partition coefficient (Wildman–Crippen LogP) is 7.64. The highest BCUT2D eigenvalue weighted by Crippen LogP contribution is 2.40. The van der Waals surface area contributed by atoms with Gasteiger partial charge >= 0.3 is 0 Å². The Bertz CT molecular complexity index is 650. The molecule has 0 aliphatic rings. The van der Waals surface area contributed by atoms with Crippen LogP contribution in [0.25, 0.3) is 0 Å². The van der Waals surface area contributed by atoms with Crippen LogP contribution in [0, 0.1) is 0 Å². The van der Waals surface area contributed by atoms with E-state index < -0.39 is 0 Å². The number of hydrogen-bond acceptors (Lipinski definition) is 1. The van der Waals surface area contributed by atoms with Crippen molar-refractivity contribution in [3.05, 3.63) is 57.3 Å². The molecule has 0 amide bonds. The SMILES string of the molecule is CC(C)c1ccc(C(C)CC(C)(C)c2ccc(C(C)(C)C)s2)cc1. The zero-order valence-electron chi connectivity index (χ0n) is 16.7. The van der Waals surface area contributed by atoms with Crippen LogP contribution >= 0.6 is 11.3 Å². The van der Waals surface area contributed by atoms with Gasteiger partial charge in [-0.2, -0.15) is 0 Å². The predicted molar refractivity (Wildman–Crippen MR) is 110 cm³/mol. The fraction of sp³-hybridized carbons (Fsp3) is 0.565. The summed E-state index contributed by atoms with van der Waals surface area (Å²) in [6, 6.07) is 13.9. The molecule has 132 valence electrons. The second-order valence-electron chi connectivity index (χ2n) is 9.22. The molecule has 0 saturated heterocycles. The topological polar surface area (TPSA) is 0 Å². The normalized spacial score (nSPS) is 14.2. The minimum Gasteiger partial charge on any atom is -0.144 e. The number of thiophene rings is 1. The smallest absolute Gasteiger partial charge is 0.0105 e. The molecule has 0 aliphatic heterocycles. The Morgan fingerprint density at radius 3 is 1.71 bits per heavy atom. The number of hydrogen-bond donors (Lipinski definition) is 0. The Labute approximate surface area is 153 Å². The van der Waals surface area contributed by atoms with Gasteiger partial charge in [-0.1, -0.05) is 79.7 Å². The van der Waals surface area contributed by atoms with Crippen molar-refractivity contribution in [2.75, 3.05) is 0 Å². The van der Waals surface area contributed by atoms with E-state index in [2.05, 4.69) is 91.8 Å². The average Bonchev–Trinajstić information content (AvgIpc) is 2.97. The lowest BCUT2D eigenvalue weighted by Gasteiger charge is -2.28. The van der Waals surface area contributed by atoms with Gasteiger partial charge in [0.15, 0.2) is 0 Å². The van der Waals surface area contributed by atoms with E-state index in [-0.39, 0.29) is 10.8 Å². The first-order chi connectivity index (χ1) is 11.0. The Kier molecular flexibility index (Phi) is 5.64. The maximum Gasteiger partial charge on any atom is 0.0105 e. The third kappa shape index (κ3) is 4.51. The molecule has 1 heterocycles. The zero-order chi connectivity index (χ0) is 18.1. The van der Waals surface area contributed by atoms with Gasteiger partial charge in [0, 0.05) is 9.75 Å². The molecule has 0 fully saturated rings. The molecular formula is C23H34S. The third-order valence-corrected chi connectivity index (χ3v) is 6.88. The average molecular weight is 343 g/mol. The van der Waals surface area contributed by atoms with Gasteiger partial charge in [-0.3, -0.25) is 0 Å². The largest absolute Gasteiger partial charge is 0.144 e. The maximum absolute atomic E-state index is 2.39. The Morgan fingerprint density at radius 1 is 0.750 bits per heavy atom. The van der Waals surface area contributed by atoms with E-state index in [0.717, 1.165) is 0 Å². The van der Waals surface area contributed by atoms with Crippen LogP contribution in [-0.2, 0) is 10.8 Å². The van der Waals surface area contributed by atoms with Gasteiger partial charge in [0.1, 0.15) is 0 Å². The summed E-state index contributed by atoms with van der Waals surface area (Å²) in [6.45, 7) is 18.6. The van der Waals surface area contributed by atoms with Gasteiger partial charge in [-0.25, -0.2) is 0 Å². The molecule has 2 rings (SSSR count). The molecule has 1 heteroatoms. The van der Waals surface area contributed by atoms with Crippen molar-refractivity contribution in [3.8, 4) is 0 Å². The van der Waals surface area contributed by atoms with E-state index in [0.29, 0.717) is 11.8 Å². The molecule has 0 N–H and O–H groups in total. The van der Waals surface area contributed by atoms with Crippen LogP contribution in [0.2, 0.25) is 0 Å². The molecule has 0 aliphatic carbocycles. The molecule has 1 aromatic heterocycles. The monoisotopic (exact) mass is 342 g/mol. The minimum atomic E-state index is 0.213. The fourth-order valence-corrected chi connectivity index (χ4v) is 4.47. The van der Waals surface area contributed by atoms with Crippen LogP contribution in [0.1, 0.15) is 94.5 Å². The second-order valence-corrected chi connectivity index (χ2v) is 10.3. The van der Waals surface area contributed by atoms with E-state index in [9.17, 15) is 0 Å². The molecule has 2 aromatic rings. The lowest BCUT2D eigenvalue weighted by atomic mass is 9.79. The van der Waals surface area contributed by atoms with Gasteiger partial charge in [-0.05, 0) is 52.3 Å². The summed E-state index contributed by atoms with van der Waals surface area (Å²) in [6.07, 6.45) is 1.18. The molecule has 0 saturated carbocycles. The van der Waals surface area contributed by atoms with Crippen LogP contribution in [0.15, 0.2) is 36.4 Å². The number of benzene rings is 1. The molecular weight excluding hydrogens is 308 g/mol. The Hall–Kier alpha value is -1.08. The van der Waals surface area contributed by atoms with Crippen molar-refractivity contribution in [2.45, 2.75) is 84.5 Å². The maximum atomic E-state index is 2.39. The minimum absolute atomic E-state index is 0.213. The molecule has 0 spiro atoms. The zero-order valence-corrected chi connectivity index (χ0v) is 17.6. The van der Waals surface area contributed by atoms with Crippen molar-refractivity contribution >= 4 is 11.3 Å². The summed E-state index contributed by atoms with van der Waals surface area (Å²) < 4.78 is 0. The van der Waals surface area contributed by atoms with Crippen LogP contribution in [0.3, 0.4) is 0 Å². The second kappa shape index (κ2) is 7.04. The van der Waals surface area contributed by atoms with Crippen molar-refractivity contribution in [1.82, 2.24) is 0 Å². The first kappa shape index (κ1) is 19.2. The highest BCUT2D eigenvalue weighted by molar-refractivity contribution is 7.12. The van der Waals surface area contributed by atoms with Crippen molar-refractivity contribution in [2.24, 2.45) is 0 Å². The van der Waals surface area contributed by atoms with E-state index in [1.165, 1.54) is 27.3 Å². The lowest BCUT2D eigenvalue weighted by Crippen LogP contribution is -2.18. The Balaban J connectivity index is 2.14. The molecule has 0 bridgehead atoms. The van der Waals surface area contributed by atoms with Crippen molar-refractivity contribution < 1.29 is 0 Å². The van der Waals surface area contributed by atoms with E-state index in [1.807, 2.05) is 11.3 Å². The quantitative estimate of drug-likeness (QED) is 0.523. The highest BCUT2D eigenvalue weighted by Gasteiger charge is 2.27. The van der Waals surface area contributed by atoms with Gasteiger partial charge in [-0.15, -0.1) is 11.3 Å². The fourth-order valence-electron chi connectivity index (χ4n) is 3.30. The first-order valence-electron chi connectivity index (χ1n) is 9.21. The first-order valence-corrected chi connectivity index (χ1v) is 10.0. The van der Waals surface area contributed by atoms with Gasteiger partial charge < -0.3 is 0 Å². The third-order valence-electron chi connectivity index (χ3n) is 5.00. The molecule has 1 atom stereocenters. The van der Waals surface area contributed by atoms with E-state index in [4.69, 9.17) is 0 Å². The molecule has 1 aromatic carbocycles. The molecule has 0 nitrogen and oxygen atoms in total. The standard InChI is InChI=1S/C23H34S/c1-16(2)18-9-11-19(12-10-18)17(3)15-23(7,8)21-14-13-20(24-21)22(4,5)6/h9-14,16-17H,15H2,1-8H3. The lowest BCUT2D eigenvalue weighted by molar-refractivity contribution is 0.446.